The molecule has 0 spiro atoms. The van der Waals surface area contributed by atoms with Crippen molar-refractivity contribution in [2.75, 3.05) is 13.2 Å². The fourth-order valence-electron chi connectivity index (χ4n) is 3.31. The normalized spacial score (nSPS) is 17.0. The van der Waals surface area contributed by atoms with Gasteiger partial charge >= 0.3 is 0 Å². The van der Waals surface area contributed by atoms with Gasteiger partial charge in [-0.2, -0.15) is 5.10 Å². The van der Waals surface area contributed by atoms with E-state index < -0.39 is 10.0 Å². The Kier molecular flexibility index (Phi) is 4.39. The van der Waals surface area contributed by atoms with Crippen LogP contribution in [0.1, 0.15) is 36.2 Å². The zero-order chi connectivity index (χ0) is 17.3. The van der Waals surface area contributed by atoms with Crippen LogP contribution >= 0.6 is 0 Å². The molecule has 0 unspecified atom stereocenters. The van der Waals surface area contributed by atoms with Gasteiger partial charge in [-0.15, -0.1) is 0 Å². The van der Waals surface area contributed by atoms with Gasteiger partial charge in [0.1, 0.15) is 13.2 Å². The van der Waals surface area contributed by atoms with Crippen LogP contribution in [0, 0.1) is 0 Å². The number of sulfonamides is 1. The molecule has 0 fully saturated rings. The Labute approximate surface area is 146 Å². The smallest absolute Gasteiger partial charge is 0.241 e. The second-order valence-electron chi connectivity index (χ2n) is 6.32. The molecule has 1 aromatic carbocycles. The molecule has 134 valence electrons. The number of hydrogen-bond donors (Lipinski definition) is 2. The molecule has 8 heteroatoms. The highest BCUT2D eigenvalue weighted by molar-refractivity contribution is 7.89. The fraction of sp³-hybridized carbons (Fsp3) is 0.471. The van der Waals surface area contributed by atoms with E-state index in [1.165, 1.54) is 24.1 Å². The molecule has 0 saturated heterocycles. The molecule has 25 heavy (non-hydrogen) atoms. The van der Waals surface area contributed by atoms with Crippen molar-refractivity contribution in [3.63, 3.8) is 0 Å². The van der Waals surface area contributed by atoms with Gasteiger partial charge in [0.25, 0.3) is 0 Å². The van der Waals surface area contributed by atoms with E-state index in [4.69, 9.17) is 9.47 Å². The number of nitrogens with one attached hydrogen (secondary N) is 2. The molecule has 2 N–H and O–H groups in total. The van der Waals surface area contributed by atoms with Gasteiger partial charge in [-0.25, -0.2) is 13.1 Å². The van der Waals surface area contributed by atoms with Gasteiger partial charge in [0.15, 0.2) is 11.5 Å². The Bertz CT molecular complexity index is 876. The maximum Gasteiger partial charge on any atom is 0.241 e. The molecule has 4 rings (SSSR count). The van der Waals surface area contributed by atoms with Gasteiger partial charge < -0.3 is 9.47 Å². The summed E-state index contributed by atoms with van der Waals surface area (Å²) < 4.78 is 38.7. The van der Waals surface area contributed by atoms with Gasteiger partial charge in [-0.1, -0.05) is 6.42 Å². The molecule has 1 aliphatic carbocycles. The number of fused-ring (bicyclic) bond motifs is 2. The third kappa shape index (κ3) is 3.36. The Morgan fingerprint density at radius 1 is 1.08 bits per heavy atom. The van der Waals surface area contributed by atoms with Gasteiger partial charge in [-0.3, -0.25) is 5.10 Å². The van der Waals surface area contributed by atoms with Crippen molar-refractivity contribution in [1.29, 1.82) is 0 Å². The maximum absolute atomic E-state index is 12.6. The third-order valence-electron chi connectivity index (χ3n) is 4.65. The zero-order valence-electron chi connectivity index (χ0n) is 13.9. The lowest BCUT2D eigenvalue weighted by Gasteiger charge is -2.18. The highest BCUT2D eigenvalue weighted by Gasteiger charge is 2.21. The number of hydrogen-bond acceptors (Lipinski definition) is 5. The summed E-state index contributed by atoms with van der Waals surface area (Å²) in [6, 6.07) is 4.66. The molecule has 0 saturated carbocycles. The number of ether oxygens (including phenoxy) is 2. The van der Waals surface area contributed by atoms with Crippen LogP contribution in [-0.4, -0.2) is 31.8 Å². The SMILES string of the molecule is O=S(=O)(NCc1n[nH]c2c1CCCCC2)c1ccc2c(c1)OCCO2. The molecule has 0 amide bonds. The van der Waals surface area contributed by atoms with Gasteiger partial charge in [0.2, 0.25) is 10.0 Å². The van der Waals surface area contributed by atoms with Crippen molar-refractivity contribution in [2.45, 2.75) is 43.5 Å². The van der Waals surface area contributed by atoms with Gasteiger partial charge in [0, 0.05) is 11.8 Å². The van der Waals surface area contributed by atoms with Crippen LogP contribution in [0.2, 0.25) is 0 Å². The van der Waals surface area contributed by atoms with E-state index in [1.807, 2.05) is 0 Å². The summed E-state index contributed by atoms with van der Waals surface area (Å²) in [6.07, 6.45) is 5.40. The van der Waals surface area contributed by atoms with Crippen LogP contribution in [0.15, 0.2) is 23.1 Å². The first-order valence-electron chi connectivity index (χ1n) is 8.58. The first kappa shape index (κ1) is 16.4. The predicted octanol–water partition coefficient (Wildman–Crippen LogP) is 1.93. The van der Waals surface area contributed by atoms with Crippen LogP contribution in [0.4, 0.5) is 0 Å². The number of nitrogens with zero attached hydrogens (tertiary/aromatic N) is 1. The molecule has 2 aromatic rings. The lowest BCUT2D eigenvalue weighted by Crippen LogP contribution is -2.24. The van der Waals surface area contributed by atoms with E-state index in [1.54, 1.807) is 6.07 Å². The first-order chi connectivity index (χ1) is 12.1. The summed E-state index contributed by atoms with van der Waals surface area (Å²) in [5.41, 5.74) is 3.10. The van der Waals surface area contributed by atoms with Crippen molar-refractivity contribution in [2.24, 2.45) is 0 Å². The van der Waals surface area contributed by atoms with E-state index in [9.17, 15) is 8.42 Å². The minimum absolute atomic E-state index is 0.165. The average Bonchev–Trinajstić information content (AvgIpc) is 2.86. The van der Waals surface area contributed by atoms with Crippen LogP contribution < -0.4 is 14.2 Å². The predicted molar refractivity (Wildman–Crippen MR) is 91.3 cm³/mol. The lowest BCUT2D eigenvalue weighted by atomic mass is 10.1. The molecular formula is C17H21N3O4S. The average molecular weight is 363 g/mol. The number of H-pyrrole nitrogens is 1. The third-order valence-corrected chi connectivity index (χ3v) is 6.04. The van der Waals surface area contributed by atoms with E-state index in [0.29, 0.717) is 24.7 Å². The van der Waals surface area contributed by atoms with Crippen molar-refractivity contribution < 1.29 is 17.9 Å². The summed E-state index contributed by atoms with van der Waals surface area (Å²) >= 11 is 0. The summed E-state index contributed by atoms with van der Waals surface area (Å²) in [5, 5.41) is 7.37. The molecule has 2 heterocycles. The van der Waals surface area contributed by atoms with Crippen molar-refractivity contribution in [3.8, 4) is 11.5 Å². The number of aromatic nitrogens is 2. The summed E-state index contributed by atoms with van der Waals surface area (Å²) in [4.78, 5) is 0.165. The molecule has 0 atom stereocenters. The van der Waals surface area contributed by atoms with E-state index >= 15 is 0 Å². The highest BCUT2D eigenvalue weighted by Crippen LogP contribution is 2.32. The van der Waals surface area contributed by atoms with Crippen LogP contribution in [0.5, 0.6) is 11.5 Å². The molecule has 0 radical (unpaired) electrons. The quantitative estimate of drug-likeness (QED) is 0.810. The van der Waals surface area contributed by atoms with Crippen molar-refractivity contribution in [1.82, 2.24) is 14.9 Å². The molecule has 1 aromatic heterocycles. The first-order valence-corrected chi connectivity index (χ1v) is 10.1. The van der Waals surface area contributed by atoms with E-state index in [0.717, 1.165) is 37.1 Å². The zero-order valence-corrected chi connectivity index (χ0v) is 14.7. The standard InChI is InChI=1S/C17H21N3O4S/c21-25(22,12-6-7-16-17(10-12)24-9-8-23-16)18-11-15-13-4-2-1-3-5-14(13)19-20-15/h6-7,10,18H,1-5,8-9,11H2,(H,19,20). The van der Waals surface area contributed by atoms with E-state index in [2.05, 4.69) is 14.9 Å². The molecule has 2 aliphatic rings. The van der Waals surface area contributed by atoms with E-state index in [-0.39, 0.29) is 11.4 Å². The lowest BCUT2D eigenvalue weighted by molar-refractivity contribution is 0.171. The second kappa shape index (κ2) is 6.68. The minimum Gasteiger partial charge on any atom is -0.486 e. The minimum atomic E-state index is -3.64. The summed E-state index contributed by atoms with van der Waals surface area (Å²) in [7, 11) is -3.64. The topological polar surface area (TPSA) is 93.3 Å². The second-order valence-corrected chi connectivity index (χ2v) is 8.09. The molecule has 1 aliphatic heterocycles. The number of aryl methyl sites for hydroxylation is 1. The van der Waals surface area contributed by atoms with Crippen LogP contribution in [0.3, 0.4) is 0 Å². The van der Waals surface area contributed by atoms with Crippen molar-refractivity contribution >= 4 is 10.0 Å². The van der Waals surface area contributed by atoms with Crippen LogP contribution in [0.25, 0.3) is 0 Å². The van der Waals surface area contributed by atoms with Gasteiger partial charge in [-0.05, 0) is 43.4 Å². The summed E-state index contributed by atoms with van der Waals surface area (Å²) in [6.45, 7) is 1.08. The highest BCUT2D eigenvalue weighted by atomic mass is 32.2. The van der Waals surface area contributed by atoms with Gasteiger partial charge in [0.05, 0.1) is 17.1 Å². The number of benzene rings is 1. The number of aromatic amines is 1. The molecular weight excluding hydrogens is 342 g/mol. The Morgan fingerprint density at radius 2 is 1.88 bits per heavy atom. The monoisotopic (exact) mass is 363 g/mol. The fourth-order valence-corrected chi connectivity index (χ4v) is 4.31. The maximum atomic E-state index is 12.6. The number of rotatable bonds is 4. The largest absolute Gasteiger partial charge is 0.486 e. The molecule has 7 nitrogen and oxygen atoms in total. The summed E-state index contributed by atoms with van der Waals surface area (Å²) in [5.74, 6) is 1.03. The Morgan fingerprint density at radius 3 is 2.76 bits per heavy atom. The van der Waals surface area contributed by atoms with Crippen molar-refractivity contribution in [3.05, 3.63) is 35.2 Å². The van der Waals surface area contributed by atoms with Crippen LogP contribution in [-0.2, 0) is 29.4 Å². The molecule has 0 bridgehead atoms. The Balaban J connectivity index is 1.51. The Hall–Kier alpha value is -2.06.